The van der Waals surface area contributed by atoms with E-state index < -0.39 is 17.8 Å². The van der Waals surface area contributed by atoms with E-state index in [0.717, 1.165) is 34.0 Å². The summed E-state index contributed by atoms with van der Waals surface area (Å²) in [7, 11) is 0. The number of aliphatic hydroxyl groups is 1. The second-order valence-electron chi connectivity index (χ2n) is 6.39. The zero-order chi connectivity index (χ0) is 18.4. The number of aryl methyl sites for hydroxylation is 3. The zero-order valence-electron chi connectivity index (χ0n) is 14.1. The molecule has 0 aliphatic carbocycles. The summed E-state index contributed by atoms with van der Waals surface area (Å²) in [6, 6.07) is 9.34. The number of aromatic nitrogens is 1. The minimum Gasteiger partial charge on any atom is -0.382 e. The molecular weight excluding hydrogens is 327 g/mol. The smallest absolute Gasteiger partial charge is 0.382 e. The van der Waals surface area contributed by atoms with Crippen molar-refractivity contribution in [2.75, 3.05) is 0 Å². The highest BCUT2D eigenvalue weighted by Crippen LogP contribution is 2.34. The number of fused-ring (bicyclic) bond motifs is 1. The molecule has 25 heavy (non-hydrogen) atoms. The van der Waals surface area contributed by atoms with Crippen molar-refractivity contribution >= 4 is 10.8 Å². The standard InChI is InChI=1S/C20H18F3NO/c1-11-6-15(10-16(7-11)20(21,22)23)19(25)18-17-9-13(3)12(2)8-14(17)4-5-24-18/h4-10,19,25H,1-3H3. The molecule has 1 aromatic heterocycles. The number of aliphatic hydroxyl groups excluding tert-OH is 1. The first-order chi connectivity index (χ1) is 11.7. The van der Waals surface area contributed by atoms with Crippen LogP contribution in [0.2, 0.25) is 0 Å². The molecule has 3 rings (SSSR count). The molecule has 0 aliphatic heterocycles. The van der Waals surface area contributed by atoms with E-state index in [1.807, 2.05) is 32.0 Å². The first kappa shape index (κ1) is 17.4. The lowest BCUT2D eigenvalue weighted by atomic mass is 9.95. The Morgan fingerprint density at radius 3 is 2.32 bits per heavy atom. The third-order valence-corrected chi connectivity index (χ3v) is 4.41. The van der Waals surface area contributed by atoms with Gasteiger partial charge in [0.15, 0.2) is 0 Å². The van der Waals surface area contributed by atoms with E-state index >= 15 is 0 Å². The van der Waals surface area contributed by atoms with Gasteiger partial charge in [-0.3, -0.25) is 4.98 Å². The molecule has 5 heteroatoms. The topological polar surface area (TPSA) is 33.1 Å². The molecule has 1 atom stereocenters. The second-order valence-corrected chi connectivity index (χ2v) is 6.39. The normalized spacial score (nSPS) is 13.2. The van der Waals surface area contributed by atoms with Crippen LogP contribution in [-0.4, -0.2) is 10.1 Å². The molecule has 2 aromatic carbocycles. The molecule has 1 heterocycles. The summed E-state index contributed by atoms with van der Waals surface area (Å²) in [4.78, 5) is 4.24. The number of pyridine rings is 1. The van der Waals surface area contributed by atoms with Gasteiger partial charge in [0.2, 0.25) is 0 Å². The molecular formula is C20H18F3NO. The molecule has 0 spiro atoms. The monoisotopic (exact) mass is 345 g/mol. The van der Waals surface area contributed by atoms with Crippen molar-refractivity contribution in [2.24, 2.45) is 0 Å². The first-order valence-corrected chi connectivity index (χ1v) is 7.89. The number of hydrogen-bond acceptors (Lipinski definition) is 2. The Bertz CT molecular complexity index is 948. The van der Waals surface area contributed by atoms with Gasteiger partial charge in [-0.05, 0) is 67.1 Å². The van der Waals surface area contributed by atoms with E-state index in [2.05, 4.69) is 4.98 Å². The lowest BCUT2D eigenvalue weighted by Crippen LogP contribution is -2.09. The van der Waals surface area contributed by atoms with Gasteiger partial charge < -0.3 is 5.11 Å². The Morgan fingerprint density at radius 2 is 1.64 bits per heavy atom. The number of hydrogen-bond donors (Lipinski definition) is 1. The van der Waals surface area contributed by atoms with Gasteiger partial charge in [0.1, 0.15) is 6.10 Å². The summed E-state index contributed by atoms with van der Waals surface area (Å²) in [6.45, 7) is 5.52. The molecule has 0 radical (unpaired) electrons. The van der Waals surface area contributed by atoms with E-state index in [1.54, 1.807) is 19.2 Å². The molecule has 0 aliphatic rings. The average Bonchev–Trinajstić information content (AvgIpc) is 2.53. The lowest BCUT2D eigenvalue weighted by molar-refractivity contribution is -0.137. The number of nitrogens with zero attached hydrogens (tertiary/aromatic N) is 1. The van der Waals surface area contributed by atoms with E-state index in [1.165, 1.54) is 0 Å². The van der Waals surface area contributed by atoms with Gasteiger partial charge in [-0.1, -0.05) is 17.7 Å². The largest absolute Gasteiger partial charge is 0.416 e. The van der Waals surface area contributed by atoms with Crippen LogP contribution in [0.15, 0.2) is 42.6 Å². The Labute approximate surface area is 144 Å². The van der Waals surface area contributed by atoms with Gasteiger partial charge in [-0.25, -0.2) is 0 Å². The fourth-order valence-corrected chi connectivity index (χ4v) is 2.98. The predicted octanol–water partition coefficient (Wildman–Crippen LogP) is 5.26. The van der Waals surface area contributed by atoms with E-state index in [9.17, 15) is 18.3 Å². The highest BCUT2D eigenvalue weighted by Gasteiger charge is 2.31. The first-order valence-electron chi connectivity index (χ1n) is 7.89. The molecule has 1 N–H and O–H groups in total. The zero-order valence-corrected chi connectivity index (χ0v) is 14.1. The van der Waals surface area contributed by atoms with Gasteiger partial charge in [0, 0.05) is 11.6 Å². The van der Waals surface area contributed by atoms with Crippen molar-refractivity contribution in [1.29, 1.82) is 0 Å². The third kappa shape index (κ3) is 3.37. The highest BCUT2D eigenvalue weighted by molar-refractivity contribution is 5.86. The third-order valence-electron chi connectivity index (χ3n) is 4.41. The molecule has 130 valence electrons. The second kappa shape index (κ2) is 6.15. The van der Waals surface area contributed by atoms with E-state index in [-0.39, 0.29) is 5.56 Å². The van der Waals surface area contributed by atoms with Crippen molar-refractivity contribution in [1.82, 2.24) is 4.98 Å². The minimum atomic E-state index is -4.46. The van der Waals surface area contributed by atoms with Crippen LogP contribution in [-0.2, 0) is 6.18 Å². The number of alkyl halides is 3. The Hall–Kier alpha value is -2.40. The van der Waals surface area contributed by atoms with Crippen molar-refractivity contribution in [3.8, 4) is 0 Å². The van der Waals surface area contributed by atoms with Gasteiger partial charge in [-0.2, -0.15) is 13.2 Å². The Kier molecular flexibility index (Phi) is 4.29. The van der Waals surface area contributed by atoms with Crippen LogP contribution in [0.3, 0.4) is 0 Å². The van der Waals surface area contributed by atoms with Gasteiger partial charge in [-0.15, -0.1) is 0 Å². The van der Waals surface area contributed by atoms with Crippen LogP contribution in [0.4, 0.5) is 13.2 Å². The number of rotatable bonds is 2. The van der Waals surface area contributed by atoms with Crippen molar-refractivity contribution in [2.45, 2.75) is 33.1 Å². The molecule has 0 bridgehead atoms. The maximum atomic E-state index is 13.1. The molecule has 2 nitrogen and oxygen atoms in total. The van der Waals surface area contributed by atoms with Gasteiger partial charge in [0.25, 0.3) is 0 Å². The van der Waals surface area contributed by atoms with Crippen LogP contribution >= 0.6 is 0 Å². The summed E-state index contributed by atoms with van der Waals surface area (Å²) >= 11 is 0. The fraction of sp³-hybridized carbons (Fsp3) is 0.250. The molecule has 0 saturated heterocycles. The fourth-order valence-electron chi connectivity index (χ4n) is 2.98. The van der Waals surface area contributed by atoms with Crippen LogP contribution < -0.4 is 0 Å². The summed E-state index contributed by atoms with van der Waals surface area (Å²) in [5.41, 5.74) is 2.36. The Balaban J connectivity index is 2.16. The molecule has 0 amide bonds. The summed E-state index contributed by atoms with van der Waals surface area (Å²) in [5.74, 6) is 0. The van der Waals surface area contributed by atoms with Crippen LogP contribution in [0.25, 0.3) is 10.8 Å². The van der Waals surface area contributed by atoms with Gasteiger partial charge >= 0.3 is 6.18 Å². The predicted molar refractivity (Wildman–Crippen MR) is 91.5 cm³/mol. The van der Waals surface area contributed by atoms with Crippen molar-refractivity contribution in [3.63, 3.8) is 0 Å². The van der Waals surface area contributed by atoms with Crippen LogP contribution in [0.5, 0.6) is 0 Å². The summed E-state index contributed by atoms with van der Waals surface area (Å²) in [6.07, 6.45) is -4.12. The molecule has 0 fully saturated rings. The van der Waals surface area contributed by atoms with E-state index in [4.69, 9.17) is 0 Å². The highest BCUT2D eigenvalue weighted by atomic mass is 19.4. The average molecular weight is 345 g/mol. The molecule has 1 unspecified atom stereocenters. The minimum absolute atomic E-state index is 0.186. The summed E-state index contributed by atoms with van der Waals surface area (Å²) in [5, 5.41) is 12.4. The SMILES string of the molecule is Cc1cc(C(O)c2nccc3cc(C)c(C)cc23)cc(C(F)(F)F)c1. The molecule has 3 aromatic rings. The quantitative estimate of drug-likeness (QED) is 0.687. The number of halogens is 3. The van der Waals surface area contributed by atoms with Crippen LogP contribution in [0.1, 0.15) is 39.6 Å². The number of benzene rings is 2. The van der Waals surface area contributed by atoms with Crippen molar-refractivity contribution < 1.29 is 18.3 Å². The summed E-state index contributed by atoms with van der Waals surface area (Å²) < 4.78 is 39.2. The van der Waals surface area contributed by atoms with Gasteiger partial charge in [0.05, 0.1) is 11.3 Å². The Morgan fingerprint density at radius 1 is 0.960 bits per heavy atom. The van der Waals surface area contributed by atoms with E-state index in [0.29, 0.717) is 11.3 Å². The lowest BCUT2D eigenvalue weighted by Gasteiger charge is -2.17. The molecule has 0 saturated carbocycles. The van der Waals surface area contributed by atoms with Crippen LogP contribution in [0, 0.1) is 20.8 Å². The maximum Gasteiger partial charge on any atom is 0.416 e. The maximum absolute atomic E-state index is 13.1. The van der Waals surface area contributed by atoms with Crippen molar-refractivity contribution in [3.05, 3.63) is 76.1 Å².